The Hall–Kier alpha value is -1.41. The minimum atomic E-state index is -0.255. The van der Waals surface area contributed by atoms with Gasteiger partial charge in [-0.1, -0.05) is 18.2 Å². The molecule has 2 rings (SSSR count). The molecule has 3 heteroatoms. The van der Waals surface area contributed by atoms with Crippen LogP contribution in [0.4, 0.5) is 8.78 Å². The Morgan fingerprint density at radius 2 is 1.63 bits per heavy atom. The maximum absolute atomic E-state index is 13.1. The van der Waals surface area contributed by atoms with E-state index in [0.717, 1.165) is 23.1 Å². The Morgan fingerprint density at radius 3 is 2.21 bits per heavy atom. The zero-order chi connectivity index (χ0) is 13.8. The molecule has 0 saturated heterocycles. The van der Waals surface area contributed by atoms with E-state index in [4.69, 9.17) is 11.6 Å². The lowest BCUT2D eigenvalue weighted by molar-refractivity contribution is 0.622. The molecule has 2 aromatic rings. The van der Waals surface area contributed by atoms with Crippen LogP contribution in [0.2, 0.25) is 0 Å². The first kappa shape index (κ1) is 14.0. The second-order valence-corrected chi connectivity index (χ2v) is 4.99. The van der Waals surface area contributed by atoms with Gasteiger partial charge in [-0.25, -0.2) is 8.78 Å². The Morgan fingerprint density at radius 1 is 1.00 bits per heavy atom. The number of aryl methyl sites for hydroxylation is 1. The molecule has 0 aliphatic carbocycles. The molecule has 0 radical (unpaired) electrons. The first-order valence-corrected chi connectivity index (χ1v) is 6.70. The van der Waals surface area contributed by atoms with Crippen molar-refractivity contribution in [3.05, 3.63) is 70.8 Å². The van der Waals surface area contributed by atoms with Gasteiger partial charge in [-0.2, -0.15) is 0 Å². The summed E-state index contributed by atoms with van der Waals surface area (Å²) in [5.41, 5.74) is 2.98. The molecule has 1 unspecified atom stereocenters. The Labute approximate surface area is 117 Å². The average molecular weight is 281 g/mol. The van der Waals surface area contributed by atoms with Crippen LogP contribution in [0.3, 0.4) is 0 Å². The molecule has 2 aromatic carbocycles. The minimum Gasteiger partial charge on any atom is -0.207 e. The summed E-state index contributed by atoms with van der Waals surface area (Å²) < 4.78 is 26.0. The number of halogens is 3. The van der Waals surface area contributed by atoms with Crippen LogP contribution in [-0.4, -0.2) is 5.88 Å². The third kappa shape index (κ3) is 3.54. The summed E-state index contributed by atoms with van der Waals surface area (Å²) in [6.45, 7) is 1.88. The van der Waals surface area contributed by atoms with Crippen LogP contribution in [0.25, 0.3) is 0 Å². The van der Waals surface area contributed by atoms with Crippen LogP contribution in [0.5, 0.6) is 0 Å². The summed E-state index contributed by atoms with van der Waals surface area (Å²) in [7, 11) is 0. The molecule has 0 nitrogen and oxygen atoms in total. The van der Waals surface area contributed by atoms with Crippen molar-refractivity contribution >= 4 is 11.6 Å². The third-order valence-electron chi connectivity index (χ3n) is 3.30. The SMILES string of the molecule is Cc1cc(F)ccc1CC(CCl)c1ccc(F)cc1. The molecule has 0 spiro atoms. The number of alkyl halides is 1. The van der Waals surface area contributed by atoms with Crippen LogP contribution in [0.15, 0.2) is 42.5 Å². The normalized spacial score (nSPS) is 12.4. The Bertz CT molecular complexity index is 549. The van der Waals surface area contributed by atoms with Crippen molar-refractivity contribution in [3.8, 4) is 0 Å². The molecule has 0 heterocycles. The molecule has 0 fully saturated rings. The molecule has 0 amide bonds. The van der Waals surface area contributed by atoms with Gasteiger partial charge in [0.2, 0.25) is 0 Å². The molecule has 19 heavy (non-hydrogen) atoms. The number of hydrogen-bond donors (Lipinski definition) is 0. The summed E-state index contributed by atoms with van der Waals surface area (Å²) in [5, 5.41) is 0. The molecule has 0 aliphatic rings. The summed E-state index contributed by atoms with van der Waals surface area (Å²) in [5.74, 6) is 0.0644. The highest BCUT2D eigenvalue weighted by molar-refractivity contribution is 6.18. The molecule has 100 valence electrons. The fourth-order valence-corrected chi connectivity index (χ4v) is 2.44. The monoisotopic (exact) mass is 280 g/mol. The molecule has 0 saturated carbocycles. The van der Waals surface area contributed by atoms with Gasteiger partial charge in [-0.15, -0.1) is 11.6 Å². The van der Waals surface area contributed by atoms with Gasteiger partial charge < -0.3 is 0 Å². The summed E-state index contributed by atoms with van der Waals surface area (Å²) in [6.07, 6.45) is 0.723. The molecule has 0 aromatic heterocycles. The topological polar surface area (TPSA) is 0 Å². The van der Waals surface area contributed by atoms with Gasteiger partial charge in [0.15, 0.2) is 0 Å². The van der Waals surface area contributed by atoms with Crippen molar-refractivity contribution in [1.29, 1.82) is 0 Å². The summed E-state index contributed by atoms with van der Waals surface area (Å²) in [4.78, 5) is 0. The molecule has 0 N–H and O–H groups in total. The molecule has 1 atom stereocenters. The molecule has 0 bridgehead atoms. The summed E-state index contributed by atoms with van der Waals surface area (Å²) in [6, 6.07) is 11.1. The second kappa shape index (κ2) is 6.16. The molecular weight excluding hydrogens is 266 g/mol. The van der Waals surface area contributed by atoms with Crippen LogP contribution >= 0.6 is 11.6 Å². The van der Waals surface area contributed by atoms with Gasteiger partial charge in [-0.3, -0.25) is 0 Å². The highest BCUT2D eigenvalue weighted by Crippen LogP contribution is 2.24. The zero-order valence-electron chi connectivity index (χ0n) is 10.7. The van der Waals surface area contributed by atoms with Gasteiger partial charge in [0.05, 0.1) is 0 Å². The van der Waals surface area contributed by atoms with Crippen LogP contribution in [-0.2, 0) is 6.42 Å². The van der Waals surface area contributed by atoms with Crippen molar-refractivity contribution in [1.82, 2.24) is 0 Å². The van der Waals surface area contributed by atoms with Crippen molar-refractivity contribution in [2.75, 3.05) is 5.88 Å². The Kier molecular flexibility index (Phi) is 4.54. The maximum atomic E-state index is 13.1. The van der Waals surface area contributed by atoms with E-state index in [1.165, 1.54) is 24.3 Å². The highest BCUT2D eigenvalue weighted by atomic mass is 35.5. The van der Waals surface area contributed by atoms with Crippen LogP contribution in [0.1, 0.15) is 22.6 Å². The van der Waals surface area contributed by atoms with Crippen molar-refractivity contribution in [2.45, 2.75) is 19.3 Å². The van der Waals surface area contributed by atoms with E-state index in [-0.39, 0.29) is 17.6 Å². The van der Waals surface area contributed by atoms with E-state index in [0.29, 0.717) is 5.88 Å². The van der Waals surface area contributed by atoms with Gasteiger partial charge >= 0.3 is 0 Å². The lowest BCUT2D eigenvalue weighted by Gasteiger charge is -2.16. The average Bonchev–Trinajstić information content (AvgIpc) is 2.39. The van der Waals surface area contributed by atoms with Gasteiger partial charge in [0.25, 0.3) is 0 Å². The first-order valence-electron chi connectivity index (χ1n) is 6.16. The Balaban J connectivity index is 2.21. The lowest BCUT2D eigenvalue weighted by Crippen LogP contribution is -2.06. The molecular formula is C16H15ClF2. The van der Waals surface area contributed by atoms with Gasteiger partial charge in [-0.05, 0) is 54.3 Å². The van der Waals surface area contributed by atoms with Crippen molar-refractivity contribution in [3.63, 3.8) is 0 Å². The van der Waals surface area contributed by atoms with E-state index in [1.54, 1.807) is 18.2 Å². The van der Waals surface area contributed by atoms with E-state index >= 15 is 0 Å². The predicted molar refractivity (Wildman–Crippen MR) is 74.7 cm³/mol. The van der Waals surface area contributed by atoms with E-state index < -0.39 is 0 Å². The van der Waals surface area contributed by atoms with E-state index in [9.17, 15) is 8.78 Å². The predicted octanol–water partition coefficient (Wildman–Crippen LogP) is 4.84. The van der Waals surface area contributed by atoms with Gasteiger partial charge in [0, 0.05) is 11.8 Å². The van der Waals surface area contributed by atoms with Gasteiger partial charge in [0.1, 0.15) is 11.6 Å². The maximum Gasteiger partial charge on any atom is 0.123 e. The largest absolute Gasteiger partial charge is 0.207 e. The summed E-state index contributed by atoms with van der Waals surface area (Å²) >= 11 is 6.01. The smallest absolute Gasteiger partial charge is 0.123 e. The standard InChI is InChI=1S/C16H15ClF2/c1-11-8-16(19)7-4-13(11)9-14(10-17)12-2-5-15(18)6-3-12/h2-8,14H,9-10H2,1H3. The first-order chi connectivity index (χ1) is 9.10. The second-order valence-electron chi connectivity index (χ2n) is 4.68. The van der Waals surface area contributed by atoms with Crippen molar-refractivity contribution < 1.29 is 8.78 Å². The third-order valence-corrected chi connectivity index (χ3v) is 3.67. The van der Waals surface area contributed by atoms with E-state index in [2.05, 4.69) is 0 Å². The minimum absolute atomic E-state index is 0.103. The lowest BCUT2D eigenvalue weighted by atomic mass is 9.91. The number of hydrogen-bond acceptors (Lipinski definition) is 0. The van der Waals surface area contributed by atoms with E-state index in [1.807, 2.05) is 6.92 Å². The zero-order valence-corrected chi connectivity index (χ0v) is 11.4. The van der Waals surface area contributed by atoms with Crippen LogP contribution < -0.4 is 0 Å². The highest BCUT2D eigenvalue weighted by Gasteiger charge is 2.13. The number of rotatable bonds is 4. The quantitative estimate of drug-likeness (QED) is 0.703. The number of benzene rings is 2. The fourth-order valence-electron chi connectivity index (χ4n) is 2.15. The fraction of sp³-hybridized carbons (Fsp3) is 0.250. The van der Waals surface area contributed by atoms with Crippen LogP contribution in [0, 0.1) is 18.6 Å². The molecule has 0 aliphatic heterocycles. The van der Waals surface area contributed by atoms with Crippen molar-refractivity contribution in [2.24, 2.45) is 0 Å².